The lowest BCUT2D eigenvalue weighted by Crippen LogP contribution is -2.32. The van der Waals surface area contributed by atoms with E-state index in [1.54, 1.807) is 0 Å². The Morgan fingerprint density at radius 2 is 2.00 bits per heavy atom. The SMILES string of the molecule is CCCn1ncnc1[C@@H](C)NC(=O)Nc1ccc2c(c1)ncn2CCC. The first-order chi connectivity index (χ1) is 12.6. The van der Waals surface area contributed by atoms with Crippen LogP contribution >= 0.6 is 0 Å². The minimum absolute atomic E-state index is 0.239. The van der Waals surface area contributed by atoms with Crippen molar-refractivity contribution in [3.05, 3.63) is 36.7 Å². The van der Waals surface area contributed by atoms with Gasteiger partial charge in [0.25, 0.3) is 0 Å². The van der Waals surface area contributed by atoms with Gasteiger partial charge in [-0.15, -0.1) is 0 Å². The number of nitrogens with zero attached hydrogens (tertiary/aromatic N) is 5. The van der Waals surface area contributed by atoms with Gasteiger partial charge in [-0.25, -0.2) is 19.4 Å². The molecule has 0 radical (unpaired) electrons. The molecule has 3 aromatic rings. The minimum atomic E-state index is -0.282. The van der Waals surface area contributed by atoms with Crippen molar-refractivity contribution in [1.29, 1.82) is 0 Å². The van der Waals surface area contributed by atoms with Gasteiger partial charge in [-0.2, -0.15) is 5.10 Å². The second kappa shape index (κ2) is 7.99. The van der Waals surface area contributed by atoms with E-state index < -0.39 is 0 Å². The molecule has 0 unspecified atom stereocenters. The molecule has 2 heterocycles. The highest BCUT2D eigenvalue weighted by Crippen LogP contribution is 2.19. The Labute approximate surface area is 152 Å². The van der Waals surface area contributed by atoms with Gasteiger partial charge in [0.05, 0.1) is 23.4 Å². The Bertz CT molecular complexity index is 883. The van der Waals surface area contributed by atoms with Gasteiger partial charge in [0.1, 0.15) is 12.2 Å². The smallest absolute Gasteiger partial charge is 0.319 e. The van der Waals surface area contributed by atoms with Crippen molar-refractivity contribution < 1.29 is 4.79 Å². The van der Waals surface area contributed by atoms with E-state index in [0.717, 1.165) is 42.8 Å². The number of fused-ring (bicyclic) bond motifs is 1. The Kier molecular flexibility index (Phi) is 5.50. The lowest BCUT2D eigenvalue weighted by molar-refractivity contribution is 0.248. The van der Waals surface area contributed by atoms with E-state index in [1.807, 2.05) is 36.1 Å². The van der Waals surface area contributed by atoms with Crippen molar-refractivity contribution in [2.45, 2.75) is 52.7 Å². The average molecular weight is 355 g/mol. The third kappa shape index (κ3) is 3.84. The number of benzene rings is 1. The molecule has 2 N–H and O–H groups in total. The van der Waals surface area contributed by atoms with Crippen LogP contribution < -0.4 is 10.6 Å². The van der Waals surface area contributed by atoms with Gasteiger partial charge < -0.3 is 15.2 Å². The van der Waals surface area contributed by atoms with Crippen molar-refractivity contribution >= 4 is 22.8 Å². The van der Waals surface area contributed by atoms with Crippen LogP contribution in [0.25, 0.3) is 11.0 Å². The maximum atomic E-state index is 12.3. The zero-order chi connectivity index (χ0) is 18.5. The van der Waals surface area contributed by atoms with Crippen LogP contribution in [0.2, 0.25) is 0 Å². The molecule has 2 aromatic heterocycles. The zero-order valence-electron chi connectivity index (χ0n) is 15.4. The lowest BCUT2D eigenvalue weighted by atomic mass is 10.2. The lowest BCUT2D eigenvalue weighted by Gasteiger charge is -2.15. The van der Waals surface area contributed by atoms with Gasteiger partial charge in [-0.1, -0.05) is 13.8 Å². The van der Waals surface area contributed by atoms with E-state index in [9.17, 15) is 4.79 Å². The molecule has 8 heteroatoms. The number of hydrogen-bond donors (Lipinski definition) is 2. The molecular weight excluding hydrogens is 330 g/mol. The van der Waals surface area contributed by atoms with E-state index in [4.69, 9.17) is 0 Å². The summed E-state index contributed by atoms with van der Waals surface area (Å²) in [5, 5.41) is 9.96. The number of amides is 2. The van der Waals surface area contributed by atoms with Crippen LogP contribution in [-0.2, 0) is 13.1 Å². The standard InChI is InChI=1S/C18H25N7O/c1-4-8-24-12-20-15-10-14(6-7-16(15)24)23-18(26)22-13(3)17-19-11-21-25(17)9-5-2/h6-7,10-13H,4-5,8-9H2,1-3H3,(H2,22,23,26)/t13-/m1/s1. The van der Waals surface area contributed by atoms with Gasteiger partial charge in [-0.05, 0) is 38.0 Å². The summed E-state index contributed by atoms with van der Waals surface area (Å²) < 4.78 is 3.93. The highest BCUT2D eigenvalue weighted by atomic mass is 16.2. The maximum absolute atomic E-state index is 12.3. The Hall–Kier alpha value is -2.90. The summed E-state index contributed by atoms with van der Waals surface area (Å²) in [4.78, 5) is 21.0. The molecule has 0 aliphatic carbocycles. The topological polar surface area (TPSA) is 89.7 Å². The van der Waals surface area contributed by atoms with Crippen molar-refractivity contribution in [2.75, 3.05) is 5.32 Å². The average Bonchev–Trinajstić information content (AvgIpc) is 3.22. The summed E-state index contributed by atoms with van der Waals surface area (Å²) in [5.41, 5.74) is 2.64. The molecule has 26 heavy (non-hydrogen) atoms. The molecule has 0 saturated carbocycles. The van der Waals surface area contributed by atoms with E-state index >= 15 is 0 Å². The van der Waals surface area contributed by atoms with Crippen LogP contribution in [-0.4, -0.2) is 30.3 Å². The molecule has 0 aliphatic rings. The molecule has 0 bridgehead atoms. The minimum Gasteiger partial charge on any atom is -0.331 e. The molecule has 0 spiro atoms. The Balaban J connectivity index is 1.66. The van der Waals surface area contributed by atoms with Crippen molar-refractivity contribution in [2.24, 2.45) is 0 Å². The third-order valence-electron chi connectivity index (χ3n) is 4.16. The molecule has 1 aromatic carbocycles. The van der Waals surface area contributed by atoms with E-state index in [1.165, 1.54) is 6.33 Å². The number of aryl methyl sites for hydroxylation is 2. The normalized spacial score (nSPS) is 12.3. The van der Waals surface area contributed by atoms with Crippen LogP contribution in [0.1, 0.15) is 45.5 Å². The van der Waals surface area contributed by atoms with Crippen LogP contribution in [0, 0.1) is 0 Å². The fourth-order valence-electron chi connectivity index (χ4n) is 2.98. The summed E-state index contributed by atoms with van der Waals surface area (Å²) in [7, 11) is 0. The molecular formula is C18H25N7O. The molecule has 138 valence electrons. The molecule has 0 saturated heterocycles. The first-order valence-corrected chi connectivity index (χ1v) is 9.02. The van der Waals surface area contributed by atoms with Gasteiger partial charge in [0.15, 0.2) is 0 Å². The number of anilines is 1. The highest BCUT2D eigenvalue weighted by Gasteiger charge is 2.15. The number of nitrogens with one attached hydrogen (secondary N) is 2. The van der Waals surface area contributed by atoms with Crippen LogP contribution in [0.4, 0.5) is 10.5 Å². The van der Waals surface area contributed by atoms with Crippen LogP contribution in [0.5, 0.6) is 0 Å². The summed E-state index contributed by atoms with van der Waals surface area (Å²) in [6.45, 7) is 7.81. The second-order valence-electron chi connectivity index (χ2n) is 6.30. The van der Waals surface area contributed by atoms with Crippen molar-refractivity contribution in [3.63, 3.8) is 0 Å². The number of carbonyl (C=O) groups is 1. The Morgan fingerprint density at radius 3 is 2.77 bits per heavy atom. The summed E-state index contributed by atoms with van der Waals surface area (Å²) in [6, 6.07) is 5.23. The number of aromatic nitrogens is 5. The summed E-state index contributed by atoms with van der Waals surface area (Å²) in [6.07, 6.45) is 5.36. The predicted molar refractivity (Wildman–Crippen MR) is 101 cm³/mol. The first kappa shape index (κ1) is 17.9. The fraction of sp³-hybridized carbons (Fsp3) is 0.444. The number of carbonyl (C=O) groups excluding carboxylic acids is 1. The number of urea groups is 1. The highest BCUT2D eigenvalue weighted by molar-refractivity contribution is 5.92. The second-order valence-corrected chi connectivity index (χ2v) is 6.30. The zero-order valence-corrected chi connectivity index (χ0v) is 15.4. The molecule has 0 aliphatic heterocycles. The van der Waals surface area contributed by atoms with Gasteiger partial charge in [0.2, 0.25) is 0 Å². The fourth-order valence-corrected chi connectivity index (χ4v) is 2.98. The molecule has 2 amide bonds. The molecule has 0 fully saturated rings. The number of hydrogen-bond acceptors (Lipinski definition) is 4. The van der Waals surface area contributed by atoms with E-state index in [2.05, 4.69) is 44.1 Å². The monoisotopic (exact) mass is 355 g/mol. The molecule has 1 atom stereocenters. The van der Waals surface area contributed by atoms with Crippen molar-refractivity contribution in [3.8, 4) is 0 Å². The Morgan fingerprint density at radius 1 is 1.19 bits per heavy atom. The third-order valence-corrected chi connectivity index (χ3v) is 4.16. The number of imidazole rings is 1. The predicted octanol–water partition coefficient (Wildman–Crippen LogP) is 3.33. The largest absolute Gasteiger partial charge is 0.331 e. The molecule has 3 rings (SSSR count). The van der Waals surface area contributed by atoms with E-state index in [-0.39, 0.29) is 12.1 Å². The maximum Gasteiger partial charge on any atom is 0.319 e. The molecule has 8 nitrogen and oxygen atoms in total. The first-order valence-electron chi connectivity index (χ1n) is 9.02. The van der Waals surface area contributed by atoms with Crippen molar-refractivity contribution in [1.82, 2.24) is 29.6 Å². The summed E-state index contributed by atoms with van der Waals surface area (Å²) >= 11 is 0. The van der Waals surface area contributed by atoms with Gasteiger partial charge >= 0.3 is 6.03 Å². The quantitative estimate of drug-likeness (QED) is 0.680. The number of rotatable bonds is 7. The van der Waals surface area contributed by atoms with Crippen LogP contribution in [0.3, 0.4) is 0 Å². The van der Waals surface area contributed by atoms with Gasteiger partial charge in [-0.3, -0.25) is 0 Å². The summed E-state index contributed by atoms with van der Waals surface area (Å²) in [5.74, 6) is 0.746. The van der Waals surface area contributed by atoms with Gasteiger partial charge in [0, 0.05) is 18.8 Å². The van der Waals surface area contributed by atoms with Crippen LogP contribution in [0.15, 0.2) is 30.9 Å². The van der Waals surface area contributed by atoms with E-state index in [0.29, 0.717) is 5.69 Å².